The predicted molar refractivity (Wildman–Crippen MR) is 112 cm³/mol. The largest absolute Gasteiger partial charge is 0.497 e. The number of rotatable bonds is 4. The fraction of sp³-hybridized carbons (Fsp3) is 0.333. The second kappa shape index (κ2) is 7.58. The minimum atomic E-state index is -0.0566. The van der Waals surface area contributed by atoms with Crippen molar-refractivity contribution < 1.29 is 9.47 Å². The molecule has 2 aliphatic heterocycles. The predicted octanol–water partition coefficient (Wildman–Crippen LogP) is 3.83. The summed E-state index contributed by atoms with van der Waals surface area (Å²) < 4.78 is 11.4. The van der Waals surface area contributed by atoms with Gasteiger partial charge in [0.05, 0.1) is 31.4 Å². The molecule has 0 amide bonds. The third-order valence-corrected chi connectivity index (χ3v) is 6.01. The van der Waals surface area contributed by atoms with Gasteiger partial charge in [-0.2, -0.15) is 0 Å². The fourth-order valence-corrected chi connectivity index (χ4v) is 4.56. The molecule has 0 bridgehead atoms. The number of aromatic nitrogens is 2. The van der Waals surface area contributed by atoms with Crippen molar-refractivity contribution in [2.45, 2.75) is 25.0 Å². The Morgan fingerprint density at radius 2 is 2.03 bits per heavy atom. The molecule has 5 rings (SSSR count). The summed E-state index contributed by atoms with van der Waals surface area (Å²) in [4.78, 5) is 12.2. The first-order valence-electron chi connectivity index (χ1n) is 10.1. The van der Waals surface area contributed by atoms with E-state index in [9.17, 15) is 0 Å². The Labute approximate surface area is 171 Å². The highest BCUT2D eigenvalue weighted by Crippen LogP contribution is 2.40. The van der Waals surface area contributed by atoms with Crippen LogP contribution in [0.25, 0.3) is 11.4 Å². The Kier molecular flexibility index (Phi) is 4.78. The first-order valence-corrected chi connectivity index (χ1v) is 10.1. The van der Waals surface area contributed by atoms with Crippen LogP contribution in [-0.4, -0.2) is 41.7 Å². The van der Waals surface area contributed by atoms with Crippen LogP contribution in [-0.2, 0) is 23.3 Å². The molecule has 148 valence electrons. The summed E-state index contributed by atoms with van der Waals surface area (Å²) in [6.07, 6.45) is 3.01. The molecule has 0 radical (unpaired) electrons. The second-order valence-corrected chi connectivity index (χ2v) is 8.02. The van der Waals surface area contributed by atoms with E-state index in [0.29, 0.717) is 6.61 Å². The maximum absolute atomic E-state index is 5.99. The lowest BCUT2D eigenvalue weighted by molar-refractivity contribution is 0.0503. The molecule has 0 aliphatic carbocycles. The molecule has 1 fully saturated rings. The minimum absolute atomic E-state index is 0.0566. The number of nitrogens with zero attached hydrogens (tertiary/aromatic N) is 3. The van der Waals surface area contributed by atoms with E-state index >= 15 is 0 Å². The van der Waals surface area contributed by atoms with Gasteiger partial charge in [0.1, 0.15) is 5.75 Å². The molecule has 5 nitrogen and oxygen atoms in total. The van der Waals surface area contributed by atoms with Crippen LogP contribution < -0.4 is 4.74 Å². The Bertz CT molecular complexity index is 1010. The quantitative estimate of drug-likeness (QED) is 0.681. The number of hydrogen-bond acceptors (Lipinski definition) is 5. The van der Waals surface area contributed by atoms with Crippen molar-refractivity contribution in [2.24, 2.45) is 0 Å². The zero-order chi connectivity index (χ0) is 19.7. The fourth-order valence-electron chi connectivity index (χ4n) is 4.56. The van der Waals surface area contributed by atoms with Crippen molar-refractivity contribution in [1.29, 1.82) is 0 Å². The van der Waals surface area contributed by atoms with Gasteiger partial charge in [-0.05, 0) is 30.7 Å². The normalized spacial score (nSPS) is 21.3. The van der Waals surface area contributed by atoms with Crippen molar-refractivity contribution in [1.82, 2.24) is 14.9 Å². The number of benzene rings is 2. The average Bonchev–Trinajstić information content (AvgIpc) is 3.17. The van der Waals surface area contributed by atoms with Crippen molar-refractivity contribution in [3.05, 3.63) is 77.6 Å². The van der Waals surface area contributed by atoms with E-state index in [4.69, 9.17) is 14.5 Å². The summed E-state index contributed by atoms with van der Waals surface area (Å²) >= 11 is 0. The first-order chi connectivity index (χ1) is 14.3. The van der Waals surface area contributed by atoms with E-state index in [0.717, 1.165) is 55.4 Å². The maximum atomic E-state index is 5.99. The molecule has 3 heterocycles. The lowest BCUT2D eigenvalue weighted by Crippen LogP contribution is -2.40. The van der Waals surface area contributed by atoms with E-state index in [1.54, 1.807) is 7.11 Å². The van der Waals surface area contributed by atoms with Gasteiger partial charge in [0, 0.05) is 30.4 Å². The Hall–Kier alpha value is -2.76. The number of likely N-dealkylation sites (tertiary alicyclic amines) is 1. The lowest BCUT2D eigenvalue weighted by Gasteiger charge is -2.34. The molecule has 1 unspecified atom stereocenters. The molecule has 0 saturated carbocycles. The molecule has 1 saturated heterocycles. The summed E-state index contributed by atoms with van der Waals surface area (Å²) in [5.74, 6) is 1.71. The van der Waals surface area contributed by atoms with E-state index in [1.807, 2.05) is 30.5 Å². The van der Waals surface area contributed by atoms with E-state index in [-0.39, 0.29) is 5.41 Å². The van der Waals surface area contributed by atoms with E-state index in [1.165, 1.54) is 11.3 Å². The van der Waals surface area contributed by atoms with Crippen molar-refractivity contribution in [3.8, 4) is 17.1 Å². The molecule has 0 N–H and O–H groups in total. The molecular formula is C24H25N3O2. The maximum Gasteiger partial charge on any atom is 0.159 e. The topological polar surface area (TPSA) is 47.5 Å². The molecule has 2 aliphatic rings. The van der Waals surface area contributed by atoms with Gasteiger partial charge in [-0.15, -0.1) is 0 Å². The van der Waals surface area contributed by atoms with Gasteiger partial charge in [0.25, 0.3) is 0 Å². The van der Waals surface area contributed by atoms with Gasteiger partial charge in [-0.1, -0.05) is 42.5 Å². The summed E-state index contributed by atoms with van der Waals surface area (Å²) in [5, 5.41) is 0. The third kappa shape index (κ3) is 3.52. The van der Waals surface area contributed by atoms with Gasteiger partial charge in [0.2, 0.25) is 0 Å². The van der Waals surface area contributed by atoms with Crippen molar-refractivity contribution in [3.63, 3.8) is 0 Å². The summed E-state index contributed by atoms with van der Waals surface area (Å²) in [5.41, 5.74) is 4.57. The lowest BCUT2D eigenvalue weighted by atomic mass is 9.80. The summed E-state index contributed by atoms with van der Waals surface area (Å²) in [6, 6.07) is 18.5. The average molecular weight is 387 g/mol. The number of ether oxygens (including phenoxy) is 2. The van der Waals surface area contributed by atoms with Crippen molar-refractivity contribution in [2.75, 3.05) is 26.8 Å². The second-order valence-electron chi connectivity index (χ2n) is 8.02. The zero-order valence-corrected chi connectivity index (χ0v) is 16.7. The monoisotopic (exact) mass is 387 g/mol. The molecule has 2 aromatic carbocycles. The van der Waals surface area contributed by atoms with Crippen LogP contribution in [0.5, 0.6) is 5.75 Å². The van der Waals surface area contributed by atoms with E-state index in [2.05, 4.69) is 40.2 Å². The van der Waals surface area contributed by atoms with Crippen molar-refractivity contribution >= 4 is 0 Å². The van der Waals surface area contributed by atoms with Crippen LogP contribution in [0, 0.1) is 0 Å². The van der Waals surface area contributed by atoms with Gasteiger partial charge in [-0.25, -0.2) is 9.97 Å². The highest BCUT2D eigenvalue weighted by molar-refractivity contribution is 5.55. The van der Waals surface area contributed by atoms with E-state index < -0.39 is 0 Å². The van der Waals surface area contributed by atoms with Crippen LogP contribution in [0.3, 0.4) is 0 Å². The van der Waals surface area contributed by atoms with Gasteiger partial charge >= 0.3 is 0 Å². The molecule has 1 spiro atoms. The number of hydrogen-bond donors (Lipinski definition) is 0. The van der Waals surface area contributed by atoms with Gasteiger partial charge in [0.15, 0.2) is 5.82 Å². The van der Waals surface area contributed by atoms with Crippen LogP contribution in [0.1, 0.15) is 23.2 Å². The molecule has 5 heteroatoms. The van der Waals surface area contributed by atoms with Crippen LogP contribution in [0.2, 0.25) is 0 Å². The highest BCUT2D eigenvalue weighted by Gasteiger charge is 2.44. The van der Waals surface area contributed by atoms with Gasteiger partial charge in [-0.3, -0.25) is 4.90 Å². The Morgan fingerprint density at radius 1 is 1.14 bits per heavy atom. The zero-order valence-electron chi connectivity index (χ0n) is 16.7. The number of methoxy groups -OCH3 is 1. The molecular weight excluding hydrogens is 362 g/mol. The summed E-state index contributed by atoms with van der Waals surface area (Å²) in [7, 11) is 1.71. The van der Waals surface area contributed by atoms with Gasteiger partial charge < -0.3 is 9.47 Å². The van der Waals surface area contributed by atoms with Crippen LogP contribution in [0.15, 0.2) is 60.8 Å². The summed E-state index contributed by atoms with van der Waals surface area (Å²) in [6.45, 7) is 4.21. The standard InChI is InChI=1S/C24H25N3O2/c1-28-21-9-5-6-18(12-21)14-27-11-10-24(16-27)17-29-15-20-13-25-23(26-22(20)24)19-7-3-2-4-8-19/h2-9,12-13H,10-11,14-17H2,1H3. The molecule has 29 heavy (non-hydrogen) atoms. The molecule has 3 aromatic rings. The molecule has 1 aromatic heterocycles. The third-order valence-electron chi connectivity index (χ3n) is 6.01. The first kappa shape index (κ1) is 18.3. The highest BCUT2D eigenvalue weighted by atomic mass is 16.5. The van der Waals surface area contributed by atoms with Crippen LogP contribution in [0.4, 0.5) is 0 Å². The Morgan fingerprint density at radius 3 is 2.90 bits per heavy atom. The van der Waals surface area contributed by atoms with Crippen LogP contribution >= 0.6 is 0 Å². The Balaban J connectivity index is 1.42. The molecule has 1 atom stereocenters. The smallest absolute Gasteiger partial charge is 0.159 e. The SMILES string of the molecule is COc1cccc(CN2CCC3(COCc4cnc(-c5ccccc5)nc43)C2)c1. The number of fused-ring (bicyclic) bond motifs is 2. The minimum Gasteiger partial charge on any atom is -0.497 e.